The summed E-state index contributed by atoms with van der Waals surface area (Å²) < 4.78 is 5.03. The van der Waals surface area contributed by atoms with E-state index in [4.69, 9.17) is 4.52 Å². The number of carbonyl (C=O) groups is 2. The zero-order chi connectivity index (χ0) is 18.5. The molecule has 0 saturated heterocycles. The lowest BCUT2D eigenvalue weighted by Crippen LogP contribution is -2.28. The summed E-state index contributed by atoms with van der Waals surface area (Å²) in [7, 11) is 0. The van der Waals surface area contributed by atoms with Crippen molar-refractivity contribution < 1.29 is 14.1 Å². The van der Waals surface area contributed by atoms with E-state index in [2.05, 4.69) is 25.8 Å². The number of hydrogen-bond acceptors (Lipinski definition) is 8. The molecule has 3 rings (SSSR count). The topological polar surface area (TPSA) is 110 Å². The fourth-order valence-corrected chi connectivity index (χ4v) is 3.62. The third kappa shape index (κ3) is 4.96. The summed E-state index contributed by atoms with van der Waals surface area (Å²) in [4.78, 5) is 33.5. The van der Waals surface area contributed by atoms with Crippen LogP contribution in [0.3, 0.4) is 0 Å². The van der Waals surface area contributed by atoms with E-state index in [1.165, 1.54) is 22.7 Å². The van der Waals surface area contributed by atoms with E-state index in [1.807, 2.05) is 17.5 Å². The van der Waals surface area contributed by atoms with Crippen LogP contribution in [0.15, 0.2) is 27.4 Å². The summed E-state index contributed by atoms with van der Waals surface area (Å²) in [5, 5.41) is 13.4. The number of amides is 2. The number of hydrogen-bond donors (Lipinski definition) is 2. The highest BCUT2D eigenvalue weighted by Crippen LogP contribution is 2.17. The van der Waals surface area contributed by atoms with Gasteiger partial charge in [-0.1, -0.05) is 11.2 Å². The van der Waals surface area contributed by atoms with Gasteiger partial charge in [0, 0.05) is 10.3 Å². The van der Waals surface area contributed by atoms with Crippen molar-refractivity contribution in [1.82, 2.24) is 20.4 Å². The number of anilines is 1. The van der Waals surface area contributed by atoms with Crippen molar-refractivity contribution in [2.24, 2.45) is 0 Å². The van der Waals surface area contributed by atoms with Gasteiger partial charge in [-0.2, -0.15) is 4.98 Å². The van der Waals surface area contributed by atoms with Gasteiger partial charge in [-0.3, -0.25) is 9.59 Å². The molecule has 0 aliphatic rings. The van der Waals surface area contributed by atoms with Gasteiger partial charge in [0.1, 0.15) is 6.04 Å². The minimum atomic E-state index is -0.382. The fourth-order valence-electron chi connectivity index (χ4n) is 2.19. The van der Waals surface area contributed by atoms with Gasteiger partial charge in [0.05, 0.1) is 18.5 Å². The Morgan fingerprint density at radius 2 is 2.08 bits per heavy atom. The van der Waals surface area contributed by atoms with E-state index in [-0.39, 0.29) is 24.3 Å². The molecule has 0 bridgehead atoms. The van der Waals surface area contributed by atoms with Gasteiger partial charge in [0.2, 0.25) is 17.7 Å². The lowest BCUT2D eigenvalue weighted by molar-refractivity contribution is -0.121. The molecular formula is C16H17N5O3S2. The van der Waals surface area contributed by atoms with Gasteiger partial charge in [0.15, 0.2) is 11.0 Å². The zero-order valence-corrected chi connectivity index (χ0v) is 15.8. The Kier molecular flexibility index (Phi) is 5.74. The Hall–Kier alpha value is -2.59. The molecule has 0 saturated carbocycles. The first-order valence-corrected chi connectivity index (χ1v) is 9.61. The molecule has 1 unspecified atom stereocenters. The normalized spacial score (nSPS) is 11.9. The van der Waals surface area contributed by atoms with Crippen molar-refractivity contribution in [3.05, 3.63) is 45.2 Å². The highest BCUT2D eigenvalue weighted by atomic mass is 32.1. The van der Waals surface area contributed by atoms with Gasteiger partial charge < -0.3 is 15.2 Å². The number of carbonyl (C=O) groups excluding carboxylic acids is 2. The molecule has 10 heteroatoms. The van der Waals surface area contributed by atoms with Crippen LogP contribution in [-0.2, 0) is 22.4 Å². The molecule has 0 fully saturated rings. The van der Waals surface area contributed by atoms with Crippen LogP contribution in [0.5, 0.6) is 0 Å². The Morgan fingerprint density at radius 1 is 1.23 bits per heavy atom. The Bertz CT molecular complexity index is 887. The third-order valence-electron chi connectivity index (χ3n) is 3.35. The molecule has 0 aliphatic heterocycles. The summed E-state index contributed by atoms with van der Waals surface area (Å²) in [6.45, 7) is 3.48. The second-order valence-corrected chi connectivity index (χ2v) is 7.48. The van der Waals surface area contributed by atoms with Crippen LogP contribution in [0.1, 0.15) is 35.3 Å². The summed E-state index contributed by atoms with van der Waals surface area (Å²) in [5.74, 6) is 0.535. The van der Waals surface area contributed by atoms with Crippen molar-refractivity contribution in [1.29, 1.82) is 0 Å². The zero-order valence-electron chi connectivity index (χ0n) is 14.2. The third-order valence-corrected chi connectivity index (χ3v) is 5.03. The lowest BCUT2D eigenvalue weighted by Gasteiger charge is -2.08. The smallest absolute Gasteiger partial charge is 0.248 e. The molecule has 8 nitrogen and oxygen atoms in total. The SMILES string of the molecule is Cc1noc(C(C)NC(=O)Cc2csc(NC(=O)Cc3cccs3)n2)n1. The molecule has 1 atom stereocenters. The Labute approximate surface area is 157 Å². The van der Waals surface area contributed by atoms with Crippen molar-refractivity contribution in [3.8, 4) is 0 Å². The van der Waals surface area contributed by atoms with Crippen molar-refractivity contribution in [2.45, 2.75) is 32.7 Å². The van der Waals surface area contributed by atoms with Crippen LogP contribution < -0.4 is 10.6 Å². The molecule has 0 radical (unpaired) electrons. The molecule has 0 aliphatic carbocycles. The first-order valence-electron chi connectivity index (χ1n) is 7.86. The second-order valence-electron chi connectivity index (χ2n) is 5.59. The van der Waals surface area contributed by atoms with Crippen molar-refractivity contribution >= 4 is 39.6 Å². The second kappa shape index (κ2) is 8.19. The molecule has 2 amide bonds. The molecule has 2 N–H and O–H groups in total. The standard InChI is InChI=1S/C16H17N5O3S2/c1-9(15-18-10(2)21-24-15)17-13(22)6-11-8-26-16(19-11)20-14(23)7-12-4-3-5-25-12/h3-5,8-9H,6-7H2,1-2H3,(H,17,22)(H,19,20,23). The summed E-state index contributed by atoms with van der Waals surface area (Å²) in [6, 6.07) is 3.44. The number of nitrogens with one attached hydrogen (secondary N) is 2. The average Bonchev–Trinajstić information content (AvgIpc) is 3.30. The van der Waals surface area contributed by atoms with E-state index in [0.29, 0.717) is 29.0 Å². The largest absolute Gasteiger partial charge is 0.344 e. The molecule has 136 valence electrons. The number of thiophene rings is 1. The van der Waals surface area contributed by atoms with Crippen LogP contribution in [-0.4, -0.2) is 26.9 Å². The van der Waals surface area contributed by atoms with Crippen LogP contribution >= 0.6 is 22.7 Å². The maximum Gasteiger partial charge on any atom is 0.248 e. The molecule has 3 aromatic heterocycles. The van der Waals surface area contributed by atoms with Crippen LogP contribution in [0.4, 0.5) is 5.13 Å². The van der Waals surface area contributed by atoms with Crippen molar-refractivity contribution in [3.63, 3.8) is 0 Å². The van der Waals surface area contributed by atoms with Crippen LogP contribution in [0, 0.1) is 6.92 Å². The maximum absolute atomic E-state index is 12.1. The van der Waals surface area contributed by atoms with Crippen LogP contribution in [0.25, 0.3) is 0 Å². The number of nitrogens with zero attached hydrogens (tertiary/aromatic N) is 3. The number of thiazole rings is 1. The van der Waals surface area contributed by atoms with E-state index in [9.17, 15) is 9.59 Å². The molecule has 26 heavy (non-hydrogen) atoms. The summed E-state index contributed by atoms with van der Waals surface area (Å²) >= 11 is 2.82. The van der Waals surface area contributed by atoms with E-state index < -0.39 is 0 Å². The first kappa shape index (κ1) is 18.2. The Balaban J connectivity index is 1.49. The molecule has 0 spiro atoms. The van der Waals surface area contributed by atoms with Gasteiger partial charge >= 0.3 is 0 Å². The van der Waals surface area contributed by atoms with E-state index in [1.54, 1.807) is 19.2 Å². The molecular weight excluding hydrogens is 374 g/mol. The number of aromatic nitrogens is 3. The molecule has 3 heterocycles. The molecule has 0 aromatic carbocycles. The van der Waals surface area contributed by atoms with Gasteiger partial charge in [-0.15, -0.1) is 22.7 Å². The van der Waals surface area contributed by atoms with Crippen LogP contribution in [0.2, 0.25) is 0 Å². The predicted molar refractivity (Wildman–Crippen MR) is 98.1 cm³/mol. The predicted octanol–water partition coefficient (Wildman–Crippen LogP) is 2.50. The highest BCUT2D eigenvalue weighted by Gasteiger charge is 2.17. The van der Waals surface area contributed by atoms with E-state index >= 15 is 0 Å². The van der Waals surface area contributed by atoms with Gasteiger partial charge in [0.25, 0.3) is 0 Å². The summed E-state index contributed by atoms with van der Waals surface area (Å²) in [5.41, 5.74) is 0.591. The minimum Gasteiger partial charge on any atom is -0.344 e. The van der Waals surface area contributed by atoms with Crippen molar-refractivity contribution in [2.75, 3.05) is 5.32 Å². The minimum absolute atomic E-state index is 0.106. The highest BCUT2D eigenvalue weighted by molar-refractivity contribution is 7.14. The number of rotatable bonds is 7. The first-order chi connectivity index (χ1) is 12.5. The summed E-state index contributed by atoms with van der Waals surface area (Å²) in [6.07, 6.45) is 0.420. The molecule has 3 aromatic rings. The lowest BCUT2D eigenvalue weighted by atomic mass is 10.3. The number of aryl methyl sites for hydroxylation is 1. The quantitative estimate of drug-likeness (QED) is 0.640. The monoisotopic (exact) mass is 391 g/mol. The average molecular weight is 391 g/mol. The van der Waals surface area contributed by atoms with Gasteiger partial charge in [-0.05, 0) is 25.3 Å². The van der Waals surface area contributed by atoms with Gasteiger partial charge in [-0.25, -0.2) is 4.98 Å². The fraction of sp³-hybridized carbons (Fsp3) is 0.312. The Morgan fingerprint density at radius 3 is 2.77 bits per heavy atom. The maximum atomic E-state index is 12.1. The van der Waals surface area contributed by atoms with E-state index in [0.717, 1.165) is 4.88 Å².